The van der Waals surface area contributed by atoms with Crippen LogP contribution in [0.15, 0.2) is 0 Å². The Morgan fingerprint density at radius 1 is 1.45 bits per heavy atom. The zero-order valence-electron chi connectivity index (χ0n) is 13.3. The van der Waals surface area contributed by atoms with Gasteiger partial charge in [-0.1, -0.05) is 6.92 Å². The second-order valence-corrected chi connectivity index (χ2v) is 6.65. The third-order valence-electron chi connectivity index (χ3n) is 4.84. The van der Waals surface area contributed by atoms with Gasteiger partial charge in [0.05, 0.1) is 18.8 Å². The summed E-state index contributed by atoms with van der Waals surface area (Å²) in [5.41, 5.74) is -0.183. The van der Waals surface area contributed by atoms with Gasteiger partial charge in [-0.25, -0.2) is 4.79 Å². The fraction of sp³-hybridized carbons (Fsp3) is 0.933. The van der Waals surface area contributed by atoms with Gasteiger partial charge in [0.1, 0.15) is 0 Å². The molecule has 5 nitrogen and oxygen atoms in total. The third-order valence-corrected chi connectivity index (χ3v) is 4.84. The smallest absolute Gasteiger partial charge is 0.317 e. The summed E-state index contributed by atoms with van der Waals surface area (Å²) in [6.07, 6.45) is 4.26. The number of hydrogen-bond acceptors (Lipinski definition) is 3. The van der Waals surface area contributed by atoms with Crippen molar-refractivity contribution < 1.29 is 9.53 Å². The molecule has 0 aromatic carbocycles. The third kappa shape index (κ3) is 3.64. The topological polar surface area (TPSA) is 44.8 Å². The summed E-state index contributed by atoms with van der Waals surface area (Å²) in [5.74, 6) is 0. The van der Waals surface area contributed by atoms with Crippen LogP contribution in [-0.4, -0.2) is 67.3 Å². The van der Waals surface area contributed by atoms with E-state index in [1.807, 2.05) is 4.90 Å². The van der Waals surface area contributed by atoms with Crippen LogP contribution in [0.3, 0.4) is 0 Å². The van der Waals surface area contributed by atoms with Gasteiger partial charge in [-0.15, -0.1) is 0 Å². The van der Waals surface area contributed by atoms with E-state index in [4.69, 9.17) is 4.74 Å². The molecule has 0 bridgehead atoms. The molecule has 2 aliphatic rings. The van der Waals surface area contributed by atoms with Crippen molar-refractivity contribution >= 4 is 6.03 Å². The fourth-order valence-corrected chi connectivity index (χ4v) is 3.14. The van der Waals surface area contributed by atoms with E-state index in [9.17, 15) is 4.79 Å². The van der Waals surface area contributed by atoms with Gasteiger partial charge in [-0.05, 0) is 46.7 Å². The number of morpholine rings is 1. The SMILES string of the molecule is CCC1(C)CN(C(=O)NC2CCC(N(C)C)C2)CCO1. The number of rotatable bonds is 3. The van der Waals surface area contributed by atoms with E-state index in [2.05, 4.69) is 38.2 Å². The summed E-state index contributed by atoms with van der Waals surface area (Å²) in [4.78, 5) is 16.6. The van der Waals surface area contributed by atoms with Crippen LogP contribution in [0.2, 0.25) is 0 Å². The molecule has 1 saturated heterocycles. The molecule has 2 fully saturated rings. The Morgan fingerprint density at radius 2 is 2.20 bits per heavy atom. The first-order valence-electron chi connectivity index (χ1n) is 7.79. The monoisotopic (exact) mass is 283 g/mol. The highest BCUT2D eigenvalue weighted by Gasteiger charge is 2.34. The van der Waals surface area contributed by atoms with Crippen molar-refractivity contribution in [2.24, 2.45) is 0 Å². The first-order valence-corrected chi connectivity index (χ1v) is 7.79. The maximum Gasteiger partial charge on any atom is 0.317 e. The Kier molecular flexibility index (Phi) is 4.91. The molecule has 2 rings (SSSR count). The zero-order chi connectivity index (χ0) is 14.8. The van der Waals surface area contributed by atoms with Gasteiger partial charge in [0, 0.05) is 18.6 Å². The van der Waals surface area contributed by atoms with Crippen molar-refractivity contribution in [2.45, 2.75) is 57.2 Å². The van der Waals surface area contributed by atoms with Gasteiger partial charge in [0.15, 0.2) is 0 Å². The van der Waals surface area contributed by atoms with Gasteiger partial charge in [-0.3, -0.25) is 0 Å². The van der Waals surface area contributed by atoms with E-state index >= 15 is 0 Å². The summed E-state index contributed by atoms with van der Waals surface area (Å²) in [6, 6.07) is 1.01. The first-order chi connectivity index (χ1) is 9.43. The van der Waals surface area contributed by atoms with Crippen molar-refractivity contribution in [3.05, 3.63) is 0 Å². The average molecular weight is 283 g/mol. The molecule has 116 valence electrons. The predicted molar refractivity (Wildman–Crippen MR) is 79.9 cm³/mol. The standard InChI is InChI=1S/C15H29N3O2/c1-5-15(2)11-18(8-9-20-15)14(19)16-12-6-7-13(10-12)17(3)4/h12-13H,5-11H2,1-4H3,(H,16,19). The minimum atomic E-state index is -0.183. The van der Waals surface area contributed by atoms with E-state index in [1.54, 1.807) is 0 Å². The summed E-state index contributed by atoms with van der Waals surface area (Å²) >= 11 is 0. The Balaban J connectivity index is 1.83. The molecule has 0 aromatic heterocycles. The highest BCUT2D eigenvalue weighted by molar-refractivity contribution is 5.74. The van der Waals surface area contributed by atoms with Crippen LogP contribution in [0.1, 0.15) is 39.5 Å². The highest BCUT2D eigenvalue weighted by Crippen LogP contribution is 2.24. The normalized spacial score (nSPS) is 34.5. The average Bonchev–Trinajstić information content (AvgIpc) is 2.87. The molecule has 1 heterocycles. The quantitative estimate of drug-likeness (QED) is 0.857. The Hall–Kier alpha value is -0.810. The molecule has 1 N–H and O–H groups in total. The number of hydrogen-bond donors (Lipinski definition) is 1. The number of urea groups is 1. The van der Waals surface area contributed by atoms with Gasteiger partial charge in [0.25, 0.3) is 0 Å². The lowest BCUT2D eigenvalue weighted by Gasteiger charge is -2.40. The molecule has 0 radical (unpaired) electrons. The van der Waals surface area contributed by atoms with Crippen molar-refractivity contribution in [2.75, 3.05) is 33.8 Å². The summed E-state index contributed by atoms with van der Waals surface area (Å²) in [7, 11) is 4.23. The van der Waals surface area contributed by atoms with Gasteiger partial charge < -0.3 is 19.9 Å². The Labute approximate surface area is 122 Å². The number of ether oxygens (including phenoxy) is 1. The van der Waals surface area contributed by atoms with Gasteiger partial charge in [-0.2, -0.15) is 0 Å². The van der Waals surface area contributed by atoms with E-state index < -0.39 is 0 Å². The van der Waals surface area contributed by atoms with Crippen LogP contribution in [-0.2, 0) is 4.74 Å². The maximum absolute atomic E-state index is 12.4. The summed E-state index contributed by atoms with van der Waals surface area (Å²) in [5, 5.41) is 3.20. The van der Waals surface area contributed by atoms with E-state index in [-0.39, 0.29) is 11.6 Å². The second kappa shape index (κ2) is 6.31. The maximum atomic E-state index is 12.4. The summed E-state index contributed by atoms with van der Waals surface area (Å²) < 4.78 is 5.79. The molecule has 1 aliphatic carbocycles. The molecular formula is C15H29N3O2. The minimum absolute atomic E-state index is 0.0809. The highest BCUT2D eigenvalue weighted by atomic mass is 16.5. The van der Waals surface area contributed by atoms with Gasteiger partial charge in [0.2, 0.25) is 0 Å². The van der Waals surface area contributed by atoms with Crippen molar-refractivity contribution in [3.8, 4) is 0 Å². The molecule has 3 atom stereocenters. The second-order valence-electron chi connectivity index (χ2n) is 6.65. The number of nitrogens with one attached hydrogen (secondary N) is 1. The lowest BCUT2D eigenvalue weighted by Crippen LogP contribution is -2.55. The minimum Gasteiger partial charge on any atom is -0.372 e. The molecule has 1 aliphatic heterocycles. The van der Waals surface area contributed by atoms with Crippen LogP contribution in [0.4, 0.5) is 4.79 Å². The van der Waals surface area contributed by atoms with Gasteiger partial charge >= 0.3 is 6.03 Å². The molecule has 0 aromatic rings. The largest absolute Gasteiger partial charge is 0.372 e. The van der Waals surface area contributed by atoms with Crippen LogP contribution < -0.4 is 5.32 Å². The number of amides is 2. The predicted octanol–water partition coefficient (Wildman–Crippen LogP) is 1.68. The van der Waals surface area contributed by atoms with E-state index in [1.165, 1.54) is 6.42 Å². The molecular weight excluding hydrogens is 254 g/mol. The number of carbonyl (C=O) groups excluding carboxylic acids is 1. The molecule has 1 saturated carbocycles. The molecule has 0 spiro atoms. The number of nitrogens with zero attached hydrogens (tertiary/aromatic N) is 2. The lowest BCUT2D eigenvalue weighted by molar-refractivity contribution is -0.0874. The van der Waals surface area contributed by atoms with Crippen molar-refractivity contribution in [3.63, 3.8) is 0 Å². The van der Waals surface area contributed by atoms with Crippen LogP contribution >= 0.6 is 0 Å². The lowest BCUT2D eigenvalue weighted by atomic mass is 10.0. The van der Waals surface area contributed by atoms with E-state index in [0.29, 0.717) is 31.8 Å². The molecule has 20 heavy (non-hydrogen) atoms. The fourth-order valence-electron chi connectivity index (χ4n) is 3.14. The van der Waals surface area contributed by atoms with Crippen LogP contribution in [0.25, 0.3) is 0 Å². The van der Waals surface area contributed by atoms with Crippen molar-refractivity contribution in [1.29, 1.82) is 0 Å². The molecule has 3 unspecified atom stereocenters. The van der Waals surface area contributed by atoms with E-state index in [0.717, 1.165) is 19.3 Å². The Morgan fingerprint density at radius 3 is 2.80 bits per heavy atom. The van der Waals surface area contributed by atoms with Crippen LogP contribution in [0, 0.1) is 0 Å². The Bertz CT molecular complexity index is 348. The number of carbonyl (C=O) groups is 1. The van der Waals surface area contributed by atoms with Crippen LogP contribution in [0.5, 0.6) is 0 Å². The summed E-state index contributed by atoms with van der Waals surface area (Å²) in [6.45, 7) is 6.23. The molecule has 5 heteroatoms. The molecule has 2 amide bonds. The first kappa shape index (κ1) is 15.6. The van der Waals surface area contributed by atoms with Crippen molar-refractivity contribution in [1.82, 2.24) is 15.1 Å². The zero-order valence-corrected chi connectivity index (χ0v) is 13.3.